The third-order valence-corrected chi connectivity index (χ3v) is 7.73. The van der Waals surface area contributed by atoms with Gasteiger partial charge in [0.1, 0.15) is 22.2 Å². The van der Waals surface area contributed by atoms with Gasteiger partial charge >= 0.3 is 0 Å². The highest BCUT2D eigenvalue weighted by atomic mass is 35.5. The number of aryl methyl sites for hydroxylation is 1. The Morgan fingerprint density at radius 1 is 1.13 bits per heavy atom. The molecule has 38 heavy (non-hydrogen) atoms. The summed E-state index contributed by atoms with van der Waals surface area (Å²) in [6, 6.07) is 9.53. The molecule has 9 nitrogen and oxygen atoms in total. The summed E-state index contributed by atoms with van der Waals surface area (Å²) >= 11 is 5.96. The topological polar surface area (TPSA) is 120 Å². The van der Waals surface area contributed by atoms with Crippen molar-refractivity contribution in [1.29, 1.82) is 0 Å². The van der Waals surface area contributed by atoms with E-state index in [9.17, 15) is 22.4 Å². The molecular weight excluding hydrogens is 535 g/mol. The van der Waals surface area contributed by atoms with Crippen LogP contribution in [0.25, 0.3) is 22.0 Å². The van der Waals surface area contributed by atoms with Gasteiger partial charge in [0.15, 0.2) is 0 Å². The van der Waals surface area contributed by atoms with Gasteiger partial charge in [-0.1, -0.05) is 24.6 Å². The second kappa shape index (κ2) is 11.3. The molecule has 0 saturated carbocycles. The zero-order chi connectivity index (χ0) is 27.4. The number of rotatable bonds is 10. The average Bonchev–Trinajstić information content (AvgIpc) is 2.89. The minimum Gasteiger partial charge on any atom is -0.480 e. The summed E-state index contributed by atoms with van der Waals surface area (Å²) in [4.78, 5) is 32.9. The number of sulfonamides is 1. The maximum absolute atomic E-state index is 13.4. The van der Waals surface area contributed by atoms with Crippen LogP contribution < -0.4 is 15.0 Å². The van der Waals surface area contributed by atoms with Crippen molar-refractivity contribution < 1.29 is 22.3 Å². The lowest BCUT2D eigenvalue weighted by Crippen LogP contribution is -2.21. The van der Waals surface area contributed by atoms with Crippen LogP contribution in [0.3, 0.4) is 0 Å². The fourth-order valence-electron chi connectivity index (χ4n) is 3.86. The van der Waals surface area contributed by atoms with E-state index in [1.807, 2.05) is 0 Å². The quantitative estimate of drug-likeness (QED) is 0.296. The predicted molar refractivity (Wildman–Crippen MR) is 143 cm³/mol. The molecule has 2 aromatic heterocycles. The third kappa shape index (κ3) is 5.84. The van der Waals surface area contributed by atoms with Crippen LogP contribution in [0.15, 0.2) is 64.7 Å². The number of fused-ring (bicyclic) bond motifs is 1. The first kappa shape index (κ1) is 27.2. The molecule has 0 radical (unpaired) electrons. The van der Waals surface area contributed by atoms with Crippen LogP contribution in [0.1, 0.15) is 26.2 Å². The molecule has 4 aromatic rings. The summed E-state index contributed by atoms with van der Waals surface area (Å²) < 4.78 is 48.5. The number of pyridine rings is 1. The molecule has 0 amide bonds. The van der Waals surface area contributed by atoms with E-state index in [1.54, 1.807) is 25.1 Å². The van der Waals surface area contributed by atoms with E-state index in [0.717, 1.165) is 18.2 Å². The molecule has 0 aliphatic heterocycles. The van der Waals surface area contributed by atoms with Crippen LogP contribution in [-0.4, -0.2) is 35.8 Å². The van der Waals surface area contributed by atoms with Crippen LogP contribution in [0, 0.1) is 5.82 Å². The number of Topliss-reactive ketones (excluding diaryl/α,β-unsaturated/α-hetero) is 1. The number of hydrogen-bond acceptors (Lipinski definition) is 7. The average molecular weight is 559 g/mol. The lowest BCUT2D eigenvalue weighted by Gasteiger charge is -2.14. The van der Waals surface area contributed by atoms with Gasteiger partial charge in [0, 0.05) is 31.1 Å². The van der Waals surface area contributed by atoms with E-state index < -0.39 is 15.8 Å². The first-order valence-electron chi connectivity index (χ1n) is 11.7. The maximum atomic E-state index is 13.4. The smallest absolute Gasteiger partial charge is 0.263 e. The number of carbonyl (C=O) groups is 1. The molecule has 4 rings (SSSR count). The highest BCUT2D eigenvalue weighted by Gasteiger charge is 2.21. The lowest BCUT2D eigenvalue weighted by molar-refractivity contribution is -0.118. The molecule has 1 N–H and O–H groups in total. The normalized spacial score (nSPS) is 11.5. The molecule has 198 valence electrons. The lowest BCUT2D eigenvalue weighted by atomic mass is 10.1. The van der Waals surface area contributed by atoms with Gasteiger partial charge in [-0.05, 0) is 48.4 Å². The summed E-state index contributed by atoms with van der Waals surface area (Å²) in [5.41, 5.74) is 1.35. The van der Waals surface area contributed by atoms with Gasteiger partial charge in [-0.15, -0.1) is 0 Å². The van der Waals surface area contributed by atoms with Crippen LogP contribution >= 0.6 is 11.6 Å². The van der Waals surface area contributed by atoms with E-state index in [0.29, 0.717) is 47.8 Å². The highest BCUT2D eigenvalue weighted by Crippen LogP contribution is 2.32. The van der Waals surface area contributed by atoms with Crippen molar-refractivity contribution in [3.63, 3.8) is 0 Å². The molecule has 0 aliphatic rings. The number of methoxy groups -OCH3 is 1. The van der Waals surface area contributed by atoms with E-state index >= 15 is 0 Å². The SMILES string of the molecule is CCC(=O)CCCn1cnc2ccc(-c3cnc(OC)c(NS(=O)(=O)c4ccc(F)cc4Cl)c3)cc2c1=O. The molecule has 0 fully saturated rings. The Kier molecular flexibility index (Phi) is 8.08. The first-order valence-corrected chi connectivity index (χ1v) is 13.5. The largest absolute Gasteiger partial charge is 0.480 e. The fraction of sp³-hybridized carbons (Fsp3) is 0.231. The monoisotopic (exact) mass is 558 g/mol. The minimum atomic E-state index is -4.21. The van der Waals surface area contributed by atoms with Crippen molar-refractivity contribution in [2.24, 2.45) is 0 Å². The fourth-order valence-corrected chi connectivity index (χ4v) is 5.44. The molecule has 0 atom stereocenters. The Balaban J connectivity index is 1.69. The summed E-state index contributed by atoms with van der Waals surface area (Å²) in [5, 5.41) is 0.0841. The van der Waals surface area contributed by atoms with Crippen molar-refractivity contribution in [3.8, 4) is 17.0 Å². The highest BCUT2D eigenvalue weighted by molar-refractivity contribution is 7.92. The Labute approximate surface area is 223 Å². The van der Waals surface area contributed by atoms with E-state index in [4.69, 9.17) is 16.3 Å². The van der Waals surface area contributed by atoms with Gasteiger partial charge in [0.25, 0.3) is 15.6 Å². The van der Waals surface area contributed by atoms with Crippen LogP contribution in [0.2, 0.25) is 5.02 Å². The van der Waals surface area contributed by atoms with Crippen molar-refractivity contribution in [2.75, 3.05) is 11.8 Å². The van der Waals surface area contributed by atoms with Crippen LogP contribution in [0.5, 0.6) is 5.88 Å². The maximum Gasteiger partial charge on any atom is 0.263 e. The Bertz CT molecular complexity index is 1690. The Morgan fingerprint density at radius 3 is 2.63 bits per heavy atom. The van der Waals surface area contributed by atoms with Crippen LogP contribution in [0.4, 0.5) is 10.1 Å². The standard InChI is InChI=1S/C26H24ClFN4O5S/c1-3-19(33)5-4-10-32-15-30-22-8-6-16(11-20(22)26(32)34)17-12-23(25(37-2)29-14-17)31-38(35,36)24-9-7-18(28)13-21(24)27/h6-9,11-15,31H,3-5,10H2,1-2H3. The van der Waals surface area contributed by atoms with Crippen molar-refractivity contribution in [1.82, 2.24) is 14.5 Å². The van der Waals surface area contributed by atoms with Gasteiger partial charge in [-0.3, -0.25) is 18.9 Å². The number of aromatic nitrogens is 3. The van der Waals surface area contributed by atoms with Gasteiger partial charge in [0.2, 0.25) is 5.88 Å². The molecule has 2 aromatic carbocycles. The van der Waals surface area contributed by atoms with Gasteiger partial charge < -0.3 is 4.74 Å². The Morgan fingerprint density at radius 2 is 1.92 bits per heavy atom. The van der Waals surface area contributed by atoms with Crippen molar-refractivity contribution in [3.05, 3.63) is 76.2 Å². The predicted octanol–water partition coefficient (Wildman–Crippen LogP) is 4.82. The number of carbonyl (C=O) groups excluding carboxylic acids is 1. The summed E-state index contributed by atoms with van der Waals surface area (Å²) in [7, 11) is -2.88. The van der Waals surface area contributed by atoms with Crippen molar-refractivity contribution >= 4 is 44.0 Å². The van der Waals surface area contributed by atoms with Crippen LogP contribution in [-0.2, 0) is 21.4 Å². The molecule has 0 unspecified atom stereocenters. The van der Waals surface area contributed by atoms with Gasteiger partial charge in [-0.2, -0.15) is 0 Å². The van der Waals surface area contributed by atoms with Crippen molar-refractivity contribution in [2.45, 2.75) is 37.6 Å². The number of anilines is 1. The number of hydrogen-bond donors (Lipinski definition) is 1. The summed E-state index contributed by atoms with van der Waals surface area (Å²) in [6.07, 6.45) is 4.32. The number of benzene rings is 2. The molecule has 0 aliphatic carbocycles. The second-order valence-electron chi connectivity index (χ2n) is 8.43. The molecule has 12 heteroatoms. The summed E-state index contributed by atoms with van der Waals surface area (Å²) in [6.45, 7) is 2.16. The molecule has 0 bridgehead atoms. The molecular formula is C26H24ClFN4O5S. The number of nitrogens with one attached hydrogen (secondary N) is 1. The van der Waals surface area contributed by atoms with Gasteiger partial charge in [-0.25, -0.2) is 22.8 Å². The minimum absolute atomic E-state index is 0.00185. The number of nitrogens with zero attached hydrogens (tertiary/aromatic N) is 3. The molecule has 2 heterocycles. The number of halogens is 2. The molecule has 0 spiro atoms. The van der Waals surface area contributed by atoms with E-state index in [2.05, 4.69) is 14.7 Å². The third-order valence-electron chi connectivity index (χ3n) is 5.88. The number of ether oxygens (including phenoxy) is 1. The first-order chi connectivity index (χ1) is 18.1. The second-order valence-corrected chi connectivity index (χ2v) is 10.5. The van der Waals surface area contributed by atoms with E-state index in [1.165, 1.54) is 30.3 Å². The van der Waals surface area contributed by atoms with E-state index in [-0.39, 0.29) is 32.8 Å². The zero-order valence-corrected chi connectivity index (χ0v) is 22.1. The zero-order valence-electron chi connectivity index (χ0n) is 20.6. The molecule has 0 saturated heterocycles. The Hall–Kier alpha value is -3.83. The van der Waals surface area contributed by atoms with Gasteiger partial charge in [0.05, 0.1) is 29.4 Å². The summed E-state index contributed by atoms with van der Waals surface area (Å²) in [5.74, 6) is -0.536. The number of ketones is 1.